The molecule has 0 saturated heterocycles. The summed E-state index contributed by atoms with van der Waals surface area (Å²) in [5.41, 5.74) is 0.198. The van der Waals surface area contributed by atoms with Crippen molar-refractivity contribution >= 4 is 17.9 Å². The first kappa shape index (κ1) is 18.8. The van der Waals surface area contributed by atoms with Crippen molar-refractivity contribution in [3.8, 4) is 0 Å². The number of hydrogen-bond acceptors (Lipinski definition) is 6. The van der Waals surface area contributed by atoms with Crippen molar-refractivity contribution in [3.63, 3.8) is 0 Å². The van der Waals surface area contributed by atoms with Gasteiger partial charge in [0.1, 0.15) is 0 Å². The molecule has 6 nitrogen and oxygen atoms in total. The van der Waals surface area contributed by atoms with Crippen LogP contribution in [0.2, 0.25) is 0 Å². The minimum absolute atomic E-state index is 0.198. The number of esters is 3. The third-order valence-electron chi connectivity index (χ3n) is 2.50. The molecule has 1 unspecified atom stereocenters. The van der Waals surface area contributed by atoms with Crippen LogP contribution in [0.4, 0.5) is 0 Å². The maximum Gasteiger partial charge on any atom is 0.341 e. The summed E-state index contributed by atoms with van der Waals surface area (Å²) in [7, 11) is 0. The molecule has 1 atom stereocenters. The Bertz CT molecular complexity index is 424. The highest BCUT2D eigenvalue weighted by molar-refractivity contribution is 5.98. The van der Waals surface area contributed by atoms with Gasteiger partial charge < -0.3 is 14.6 Å². The molecule has 0 fully saturated rings. The van der Waals surface area contributed by atoms with Crippen molar-refractivity contribution in [2.24, 2.45) is 0 Å². The minimum atomic E-state index is -1.16. The van der Waals surface area contributed by atoms with Crippen LogP contribution in [0.1, 0.15) is 32.1 Å². The zero-order chi connectivity index (χ0) is 16.3. The van der Waals surface area contributed by atoms with Gasteiger partial charge in [-0.15, -0.1) is 0 Å². The summed E-state index contributed by atoms with van der Waals surface area (Å²) in [6.07, 6.45) is 3.34. The van der Waals surface area contributed by atoms with Gasteiger partial charge in [0.15, 0.2) is 0 Å². The summed E-state index contributed by atoms with van der Waals surface area (Å²) in [5, 5.41) is 9.34. The van der Waals surface area contributed by atoms with E-state index in [1.807, 2.05) is 0 Å². The minimum Gasteiger partial charge on any atom is -0.433 e. The van der Waals surface area contributed by atoms with E-state index in [-0.39, 0.29) is 5.57 Å². The number of aliphatic hydroxyl groups excluding tert-OH is 1. The molecule has 0 bridgehead atoms. The van der Waals surface area contributed by atoms with E-state index in [2.05, 4.69) is 29.2 Å². The number of hydrogen-bond donors (Lipinski definition) is 1. The van der Waals surface area contributed by atoms with E-state index in [1.54, 1.807) is 0 Å². The lowest BCUT2D eigenvalue weighted by Gasteiger charge is -2.10. The van der Waals surface area contributed by atoms with Crippen molar-refractivity contribution in [2.75, 3.05) is 0 Å². The van der Waals surface area contributed by atoms with Gasteiger partial charge in [-0.05, 0) is 19.3 Å². The molecule has 0 aromatic carbocycles. The highest BCUT2D eigenvalue weighted by atomic mass is 16.6. The Hall–Kier alpha value is -2.21. The molecule has 0 spiro atoms. The van der Waals surface area contributed by atoms with Gasteiger partial charge in [0, 0.05) is 24.1 Å². The van der Waals surface area contributed by atoms with Crippen LogP contribution in [0.3, 0.4) is 0 Å². The maximum absolute atomic E-state index is 11.3. The van der Waals surface area contributed by atoms with Crippen molar-refractivity contribution in [2.45, 2.75) is 38.4 Å². The molecule has 0 heterocycles. The maximum atomic E-state index is 11.3. The second-order valence-corrected chi connectivity index (χ2v) is 4.21. The monoisotopic (exact) mass is 296 g/mol. The Balaban J connectivity index is 3.75. The average molecular weight is 296 g/mol. The van der Waals surface area contributed by atoms with Gasteiger partial charge in [0.25, 0.3) is 0 Å². The van der Waals surface area contributed by atoms with Gasteiger partial charge in [-0.2, -0.15) is 0 Å². The van der Waals surface area contributed by atoms with Crippen molar-refractivity contribution in [1.29, 1.82) is 0 Å². The van der Waals surface area contributed by atoms with Gasteiger partial charge in [0.05, 0.1) is 0 Å². The van der Waals surface area contributed by atoms with E-state index >= 15 is 0 Å². The molecule has 0 aliphatic heterocycles. The molecule has 0 aliphatic carbocycles. The normalized spacial score (nSPS) is 11.1. The van der Waals surface area contributed by atoms with Crippen LogP contribution in [-0.2, 0) is 23.9 Å². The van der Waals surface area contributed by atoms with Crippen molar-refractivity contribution in [3.05, 3.63) is 37.5 Å². The van der Waals surface area contributed by atoms with E-state index in [1.165, 1.54) is 0 Å². The molecule has 0 radical (unpaired) electrons. The second-order valence-electron chi connectivity index (χ2n) is 4.21. The molecule has 0 amide bonds. The summed E-state index contributed by atoms with van der Waals surface area (Å²) in [4.78, 5) is 32.9. The molecular formula is C15H20O6. The quantitative estimate of drug-likeness (QED) is 0.217. The lowest BCUT2D eigenvalue weighted by molar-refractivity contribution is -0.162. The van der Waals surface area contributed by atoms with Crippen LogP contribution in [-0.4, -0.2) is 29.3 Å². The van der Waals surface area contributed by atoms with Crippen LogP contribution in [0.25, 0.3) is 0 Å². The van der Waals surface area contributed by atoms with E-state index < -0.39 is 24.2 Å². The molecule has 0 aliphatic rings. The Morgan fingerprint density at radius 3 is 2.24 bits per heavy atom. The largest absolute Gasteiger partial charge is 0.433 e. The van der Waals surface area contributed by atoms with Gasteiger partial charge >= 0.3 is 17.9 Å². The molecule has 116 valence electrons. The van der Waals surface area contributed by atoms with Gasteiger partial charge in [-0.25, -0.2) is 14.4 Å². The Kier molecular flexibility index (Phi) is 9.45. The molecule has 1 N–H and O–H groups in total. The molecular weight excluding hydrogens is 276 g/mol. The predicted molar refractivity (Wildman–Crippen MR) is 75.8 cm³/mol. The highest BCUT2D eigenvalue weighted by Crippen LogP contribution is 2.12. The zero-order valence-electron chi connectivity index (χ0n) is 11.9. The third kappa shape index (κ3) is 9.34. The van der Waals surface area contributed by atoms with E-state index in [0.717, 1.165) is 12.2 Å². The molecule has 6 heteroatoms. The lowest BCUT2D eigenvalue weighted by atomic mass is 10.1. The van der Waals surface area contributed by atoms with Crippen LogP contribution < -0.4 is 0 Å². The fourth-order valence-electron chi connectivity index (χ4n) is 1.38. The first-order chi connectivity index (χ1) is 9.90. The Morgan fingerprint density at radius 1 is 1.05 bits per heavy atom. The number of rotatable bonds is 10. The first-order valence-electron chi connectivity index (χ1n) is 6.48. The molecule has 21 heavy (non-hydrogen) atoms. The fraction of sp³-hybridized carbons (Fsp3) is 0.400. The lowest BCUT2D eigenvalue weighted by Crippen LogP contribution is -2.15. The van der Waals surface area contributed by atoms with Crippen LogP contribution in [0.15, 0.2) is 37.5 Å². The number of ether oxygens (including phenoxy) is 2. The zero-order valence-corrected chi connectivity index (χ0v) is 11.9. The van der Waals surface area contributed by atoms with E-state index in [9.17, 15) is 19.5 Å². The summed E-state index contributed by atoms with van der Waals surface area (Å²) >= 11 is 0. The number of aliphatic hydroxyl groups is 1. The summed E-state index contributed by atoms with van der Waals surface area (Å²) in [5.74, 6) is -2.25. The summed E-state index contributed by atoms with van der Waals surface area (Å²) in [6, 6.07) is 0. The number of carbonyl (C=O) groups is 3. The van der Waals surface area contributed by atoms with Crippen LogP contribution in [0, 0.1) is 0 Å². The van der Waals surface area contributed by atoms with Gasteiger partial charge in [0.2, 0.25) is 6.29 Å². The first-order valence-corrected chi connectivity index (χ1v) is 6.48. The SMILES string of the molecule is C=CC(=O)OC(=O)C(=C)CCCCCC(O)OC(=O)C=C. The van der Waals surface area contributed by atoms with E-state index in [0.29, 0.717) is 32.1 Å². The topological polar surface area (TPSA) is 89.9 Å². The molecule has 0 aromatic rings. The van der Waals surface area contributed by atoms with Crippen molar-refractivity contribution in [1.82, 2.24) is 0 Å². The van der Waals surface area contributed by atoms with E-state index in [4.69, 9.17) is 0 Å². The highest BCUT2D eigenvalue weighted by Gasteiger charge is 2.12. The second kappa shape index (κ2) is 10.6. The third-order valence-corrected chi connectivity index (χ3v) is 2.50. The van der Waals surface area contributed by atoms with Crippen molar-refractivity contribution < 1.29 is 29.0 Å². The van der Waals surface area contributed by atoms with Crippen LogP contribution >= 0.6 is 0 Å². The van der Waals surface area contributed by atoms with Crippen LogP contribution in [0.5, 0.6) is 0 Å². The number of carbonyl (C=O) groups excluding carboxylic acids is 3. The fourth-order valence-corrected chi connectivity index (χ4v) is 1.38. The average Bonchev–Trinajstić information content (AvgIpc) is 2.45. The standard InChI is InChI=1S/C15H20O6/c1-4-12(16)20-14(18)10-8-6-7-9-11(3)15(19)21-13(17)5-2/h4-5,14,18H,1-3,6-10H2. The summed E-state index contributed by atoms with van der Waals surface area (Å²) < 4.78 is 8.99. The van der Waals surface area contributed by atoms with Gasteiger partial charge in [-0.3, -0.25) is 0 Å². The summed E-state index contributed by atoms with van der Waals surface area (Å²) in [6.45, 7) is 9.93. The molecule has 0 saturated carbocycles. The Morgan fingerprint density at radius 2 is 1.67 bits per heavy atom. The molecule has 0 aromatic heterocycles. The number of unbranched alkanes of at least 4 members (excludes halogenated alkanes) is 2. The Labute approximate surface area is 123 Å². The van der Waals surface area contributed by atoms with Gasteiger partial charge in [-0.1, -0.05) is 26.2 Å². The smallest absolute Gasteiger partial charge is 0.341 e. The molecule has 0 rings (SSSR count). The predicted octanol–water partition coefficient (Wildman–Crippen LogP) is 1.80.